The first-order chi connectivity index (χ1) is 10.5. The lowest BCUT2D eigenvalue weighted by Gasteiger charge is -2.28. The molecule has 1 rings (SSSR count). The third-order valence-corrected chi connectivity index (χ3v) is 3.21. The largest absolute Gasteiger partial charge is 0.463 e. The molecule has 1 aliphatic heterocycles. The zero-order valence-corrected chi connectivity index (χ0v) is 14.1. The number of nitrogens with zero attached hydrogens (tertiary/aromatic N) is 1. The molecule has 0 spiro atoms. The summed E-state index contributed by atoms with van der Waals surface area (Å²) in [7, 11) is 0. The highest BCUT2D eigenvalue weighted by Crippen LogP contribution is 2.35. The number of ether oxygens (including phenoxy) is 2. The molecule has 0 aromatic heterocycles. The summed E-state index contributed by atoms with van der Waals surface area (Å²) in [5.41, 5.74) is -0.733. The van der Waals surface area contributed by atoms with Gasteiger partial charge < -0.3 is 9.47 Å². The van der Waals surface area contributed by atoms with Crippen molar-refractivity contribution in [2.75, 3.05) is 13.2 Å². The number of hydrogen-bond acceptors (Lipinski definition) is 4. The molecule has 0 aromatic rings. The summed E-state index contributed by atoms with van der Waals surface area (Å²) in [6, 6.07) is -0.605. The van der Waals surface area contributed by atoms with E-state index in [-0.39, 0.29) is 13.0 Å². The molecule has 0 bridgehead atoms. The number of hydrogen-bond donors (Lipinski definition) is 0. The Morgan fingerprint density at radius 1 is 1.35 bits per heavy atom. The second-order valence-corrected chi connectivity index (χ2v) is 6.55. The van der Waals surface area contributed by atoms with Crippen LogP contribution >= 0.6 is 0 Å². The summed E-state index contributed by atoms with van der Waals surface area (Å²) in [5, 5.41) is 0. The van der Waals surface area contributed by atoms with Gasteiger partial charge in [-0.1, -0.05) is 6.08 Å². The summed E-state index contributed by atoms with van der Waals surface area (Å²) in [4.78, 5) is 24.3. The van der Waals surface area contributed by atoms with Gasteiger partial charge in [-0.15, -0.1) is 0 Å². The zero-order chi connectivity index (χ0) is 17.7. The Bertz CT molecular complexity index is 457. The van der Waals surface area contributed by atoms with E-state index in [1.54, 1.807) is 33.8 Å². The second-order valence-electron chi connectivity index (χ2n) is 6.55. The molecule has 0 aliphatic carbocycles. The molecule has 1 amide bonds. The number of amides is 1. The van der Waals surface area contributed by atoms with Crippen LogP contribution in [0.25, 0.3) is 0 Å². The van der Waals surface area contributed by atoms with Crippen molar-refractivity contribution < 1.29 is 27.8 Å². The quantitative estimate of drug-likeness (QED) is 0.570. The first kappa shape index (κ1) is 19.4. The van der Waals surface area contributed by atoms with Crippen LogP contribution in [-0.4, -0.2) is 47.7 Å². The highest BCUT2D eigenvalue weighted by molar-refractivity contribution is 5.81. The number of likely N-dealkylation sites (tertiary alicyclic amines) is 1. The fourth-order valence-corrected chi connectivity index (χ4v) is 2.35. The van der Waals surface area contributed by atoms with Crippen LogP contribution in [0.3, 0.4) is 0 Å². The van der Waals surface area contributed by atoms with Gasteiger partial charge in [-0.25, -0.2) is 18.4 Å². The first-order valence-electron chi connectivity index (χ1n) is 7.75. The molecule has 1 fully saturated rings. The fraction of sp³-hybridized carbons (Fsp3) is 0.750. The molecule has 0 saturated carbocycles. The average Bonchev–Trinajstić information content (AvgIpc) is 2.68. The van der Waals surface area contributed by atoms with Crippen molar-refractivity contribution in [2.45, 2.75) is 64.5 Å². The first-order valence-corrected chi connectivity index (χ1v) is 7.75. The van der Waals surface area contributed by atoms with Crippen molar-refractivity contribution in [3.05, 3.63) is 12.2 Å². The van der Waals surface area contributed by atoms with E-state index in [1.807, 2.05) is 0 Å². The van der Waals surface area contributed by atoms with Crippen molar-refractivity contribution in [2.24, 2.45) is 0 Å². The summed E-state index contributed by atoms with van der Waals surface area (Å²) < 4.78 is 37.2. The van der Waals surface area contributed by atoms with E-state index in [4.69, 9.17) is 9.47 Å². The standard InChI is InChI=1S/C16H25F2NO4/c1-5-22-13(20)9-7-6-8-12-10-16(17,18)11-19(12)14(21)23-15(2,3)4/h7,9,12H,5-6,8,10-11H2,1-4H3/t12-/m0/s1. The number of esters is 1. The molecule has 1 aliphatic rings. The Hall–Kier alpha value is -1.66. The van der Waals surface area contributed by atoms with Crippen LogP contribution in [0.4, 0.5) is 13.6 Å². The molecule has 132 valence electrons. The van der Waals surface area contributed by atoms with Gasteiger partial charge in [0.15, 0.2) is 0 Å². The Morgan fingerprint density at radius 2 is 2.00 bits per heavy atom. The van der Waals surface area contributed by atoms with Gasteiger partial charge in [0.1, 0.15) is 5.60 Å². The molecule has 1 atom stereocenters. The normalized spacial score (nSPS) is 20.8. The summed E-state index contributed by atoms with van der Waals surface area (Å²) >= 11 is 0. The van der Waals surface area contributed by atoms with Crippen LogP contribution in [0.2, 0.25) is 0 Å². The van der Waals surface area contributed by atoms with Gasteiger partial charge in [-0.3, -0.25) is 4.90 Å². The summed E-state index contributed by atoms with van der Waals surface area (Å²) in [5.74, 6) is -3.37. The molecule has 23 heavy (non-hydrogen) atoms. The minimum Gasteiger partial charge on any atom is -0.463 e. The van der Waals surface area contributed by atoms with Crippen molar-refractivity contribution in [1.82, 2.24) is 4.90 Å². The zero-order valence-electron chi connectivity index (χ0n) is 14.1. The second kappa shape index (κ2) is 7.75. The number of carbonyl (C=O) groups excluding carboxylic acids is 2. The number of carbonyl (C=O) groups is 2. The van der Waals surface area contributed by atoms with Crippen LogP contribution < -0.4 is 0 Å². The Morgan fingerprint density at radius 3 is 2.57 bits per heavy atom. The number of alkyl halides is 2. The molecule has 0 aromatic carbocycles. The van der Waals surface area contributed by atoms with E-state index in [2.05, 4.69) is 0 Å². The lowest BCUT2D eigenvalue weighted by atomic mass is 10.1. The highest BCUT2D eigenvalue weighted by atomic mass is 19.3. The Kier molecular flexibility index (Phi) is 6.53. The van der Waals surface area contributed by atoms with E-state index >= 15 is 0 Å². The third-order valence-electron chi connectivity index (χ3n) is 3.21. The van der Waals surface area contributed by atoms with Crippen molar-refractivity contribution in [1.29, 1.82) is 0 Å². The van der Waals surface area contributed by atoms with E-state index in [0.717, 1.165) is 4.90 Å². The van der Waals surface area contributed by atoms with Crippen LogP contribution in [0, 0.1) is 0 Å². The lowest BCUT2D eigenvalue weighted by molar-refractivity contribution is -0.137. The van der Waals surface area contributed by atoms with Gasteiger partial charge in [0, 0.05) is 18.5 Å². The van der Waals surface area contributed by atoms with E-state index in [1.165, 1.54) is 6.08 Å². The molecule has 0 radical (unpaired) electrons. The molecule has 7 heteroatoms. The monoisotopic (exact) mass is 333 g/mol. The van der Waals surface area contributed by atoms with E-state index in [0.29, 0.717) is 12.8 Å². The topological polar surface area (TPSA) is 55.8 Å². The Labute approximate surface area is 135 Å². The molecule has 0 N–H and O–H groups in total. The predicted octanol–water partition coefficient (Wildman–Crippen LogP) is 3.53. The smallest absolute Gasteiger partial charge is 0.410 e. The summed E-state index contributed by atoms with van der Waals surface area (Å²) in [6.45, 7) is 6.42. The van der Waals surface area contributed by atoms with E-state index < -0.39 is 36.2 Å². The van der Waals surface area contributed by atoms with Crippen molar-refractivity contribution >= 4 is 12.1 Å². The minimum atomic E-state index is -2.91. The van der Waals surface area contributed by atoms with Gasteiger partial charge in [-0.05, 0) is 40.5 Å². The SMILES string of the molecule is CCOC(=O)C=CCC[C@H]1CC(F)(F)CN1C(=O)OC(C)(C)C. The summed E-state index contributed by atoms with van der Waals surface area (Å²) in [6.07, 6.45) is 2.47. The lowest BCUT2D eigenvalue weighted by Crippen LogP contribution is -2.40. The van der Waals surface area contributed by atoms with Gasteiger partial charge >= 0.3 is 12.1 Å². The number of allylic oxidation sites excluding steroid dienone is 1. The fourth-order valence-electron chi connectivity index (χ4n) is 2.35. The van der Waals surface area contributed by atoms with Crippen LogP contribution in [0.15, 0.2) is 12.2 Å². The van der Waals surface area contributed by atoms with E-state index in [9.17, 15) is 18.4 Å². The molecule has 1 saturated heterocycles. The third kappa shape index (κ3) is 6.97. The Balaban J connectivity index is 2.60. The predicted molar refractivity (Wildman–Crippen MR) is 81.3 cm³/mol. The average molecular weight is 333 g/mol. The van der Waals surface area contributed by atoms with Crippen molar-refractivity contribution in [3.8, 4) is 0 Å². The molecular weight excluding hydrogens is 308 g/mol. The van der Waals surface area contributed by atoms with Crippen LogP contribution in [-0.2, 0) is 14.3 Å². The number of rotatable bonds is 5. The molecule has 0 unspecified atom stereocenters. The van der Waals surface area contributed by atoms with Crippen LogP contribution in [0.5, 0.6) is 0 Å². The number of halogens is 2. The van der Waals surface area contributed by atoms with Gasteiger partial charge in [0.2, 0.25) is 0 Å². The van der Waals surface area contributed by atoms with Gasteiger partial charge in [-0.2, -0.15) is 0 Å². The highest BCUT2D eigenvalue weighted by Gasteiger charge is 2.47. The maximum Gasteiger partial charge on any atom is 0.410 e. The van der Waals surface area contributed by atoms with Crippen molar-refractivity contribution in [3.63, 3.8) is 0 Å². The maximum atomic E-state index is 13.6. The minimum absolute atomic E-state index is 0.282. The molecule has 1 heterocycles. The maximum absolute atomic E-state index is 13.6. The van der Waals surface area contributed by atoms with Gasteiger partial charge in [0.05, 0.1) is 13.2 Å². The van der Waals surface area contributed by atoms with Gasteiger partial charge in [0.25, 0.3) is 5.92 Å². The molecule has 5 nitrogen and oxygen atoms in total. The van der Waals surface area contributed by atoms with Crippen LogP contribution in [0.1, 0.15) is 47.0 Å². The molecular formula is C16H25F2NO4.